The highest BCUT2D eigenvalue weighted by molar-refractivity contribution is 5.16. The van der Waals surface area contributed by atoms with Crippen LogP contribution in [0.5, 0.6) is 0 Å². The third-order valence-corrected chi connectivity index (χ3v) is 3.00. The molecule has 1 aromatic heterocycles. The summed E-state index contributed by atoms with van der Waals surface area (Å²) >= 11 is 0. The molecule has 3 heteroatoms. The second-order valence-corrected chi connectivity index (χ2v) is 4.19. The largest absolute Gasteiger partial charge is 0.367 e. The molecule has 0 spiro atoms. The SMILES string of the molecule is CC(N)C(c1cc[nH]c1)N1CCCC1. The van der Waals surface area contributed by atoms with Crippen LogP contribution in [0.15, 0.2) is 18.5 Å². The van der Waals surface area contributed by atoms with Crippen molar-refractivity contribution in [3.8, 4) is 0 Å². The number of hydrogen-bond donors (Lipinski definition) is 2. The second-order valence-electron chi connectivity index (χ2n) is 4.19. The van der Waals surface area contributed by atoms with Gasteiger partial charge in [0.1, 0.15) is 0 Å². The van der Waals surface area contributed by atoms with Gasteiger partial charge in [0.2, 0.25) is 0 Å². The maximum absolute atomic E-state index is 6.05. The Labute approximate surface area is 85.3 Å². The van der Waals surface area contributed by atoms with Gasteiger partial charge in [-0.1, -0.05) is 0 Å². The molecule has 0 bridgehead atoms. The summed E-state index contributed by atoms with van der Waals surface area (Å²) in [6.07, 6.45) is 6.66. The summed E-state index contributed by atoms with van der Waals surface area (Å²) in [5, 5.41) is 0. The molecule has 3 N–H and O–H groups in total. The Hall–Kier alpha value is -0.800. The van der Waals surface area contributed by atoms with E-state index >= 15 is 0 Å². The van der Waals surface area contributed by atoms with Crippen molar-refractivity contribution in [1.29, 1.82) is 0 Å². The molecule has 2 atom stereocenters. The zero-order chi connectivity index (χ0) is 9.97. The van der Waals surface area contributed by atoms with Gasteiger partial charge in [-0.25, -0.2) is 0 Å². The van der Waals surface area contributed by atoms with Crippen LogP contribution in [0.25, 0.3) is 0 Å². The summed E-state index contributed by atoms with van der Waals surface area (Å²) in [7, 11) is 0. The molecule has 0 aliphatic carbocycles. The van der Waals surface area contributed by atoms with Crippen LogP contribution in [-0.2, 0) is 0 Å². The summed E-state index contributed by atoms with van der Waals surface area (Å²) in [5.41, 5.74) is 7.37. The molecule has 1 saturated heterocycles. The first kappa shape index (κ1) is 9.74. The minimum atomic E-state index is 0.198. The Morgan fingerprint density at radius 1 is 1.43 bits per heavy atom. The van der Waals surface area contributed by atoms with Crippen LogP contribution in [0.3, 0.4) is 0 Å². The number of H-pyrrole nitrogens is 1. The number of nitrogens with one attached hydrogen (secondary N) is 1. The number of hydrogen-bond acceptors (Lipinski definition) is 2. The molecular weight excluding hydrogens is 174 g/mol. The molecular formula is C11H19N3. The van der Waals surface area contributed by atoms with Gasteiger partial charge in [0.25, 0.3) is 0 Å². The number of nitrogens with zero attached hydrogens (tertiary/aromatic N) is 1. The van der Waals surface area contributed by atoms with Crippen molar-refractivity contribution in [2.75, 3.05) is 13.1 Å². The Bertz CT molecular complexity index is 260. The third-order valence-electron chi connectivity index (χ3n) is 3.00. The van der Waals surface area contributed by atoms with Gasteiger partial charge in [-0.15, -0.1) is 0 Å². The van der Waals surface area contributed by atoms with E-state index in [-0.39, 0.29) is 6.04 Å². The molecule has 2 rings (SSSR count). The number of aromatic amines is 1. The maximum atomic E-state index is 6.05. The molecule has 1 aliphatic rings. The average Bonchev–Trinajstić information content (AvgIpc) is 2.75. The Kier molecular flexibility index (Phi) is 2.89. The molecule has 0 amide bonds. The normalized spacial score (nSPS) is 22.4. The zero-order valence-corrected chi connectivity index (χ0v) is 8.74. The summed E-state index contributed by atoms with van der Waals surface area (Å²) in [5.74, 6) is 0. The zero-order valence-electron chi connectivity index (χ0n) is 8.74. The van der Waals surface area contributed by atoms with Crippen molar-refractivity contribution in [3.05, 3.63) is 24.0 Å². The first-order chi connectivity index (χ1) is 6.79. The van der Waals surface area contributed by atoms with Crippen LogP contribution in [0.4, 0.5) is 0 Å². The van der Waals surface area contributed by atoms with Gasteiger partial charge >= 0.3 is 0 Å². The lowest BCUT2D eigenvalue weighted by atomic mass is 10.0. The molecule has 3 nitrogen and oxygen atoms in total. The fourth-order valence-electron chi connectivity index (χ4n) is 2.39. The van der Waals surface area contributed by atoms with E-state index in [1.807, 2.05) is 6.20 Å². The first-order valence-electron chi connectivity index (χ1n) is 5.41. The third kappa shape index (κ3) is 1.83. The first-order valence-corrected chi connectivity index (χ1v) is 5.41. The monoisotopic (exact) mass is 193 g/mol. The molecule has 2 unspecified atom stereocenters. The van der Waals surface area contributed by atoms with E-state index in [9.17, 15) is 0 Å². The van der Waals surface area contributed by atoms with Gasteiger partial charge in [-0.3, -0.25) is 4.90 Å². The van der Waals surface area contributed by atoms with Gasteiger partial charge in [0.15, 0.2) is 0 Å². The minimum Gasteiger partial charge on any atom is -0.367 e. The molecule has 0 saturated carbocycles. The van der Waals surface area contributed by atoms with E-state index in [0.29, 0.717) is 6.04 Å². The molecule has 14 heavy (non-hydrogen) atoms. The molecule has 78 valence electrons. The van der Waals surface area contributed by atoms with Crippen molar-refractivity contribution < 1.29 is 0 Å². The van der Waals surface area contributed by atoms with Gasteiger partial charge in [-0.2, -0.15) is 0 Å². The molecule has 0 radical (unpaired) electrons. The molecule has 1 aromatic rings. The van der Waals surface area contributed by atoms with E-state index in [0.717, 1.165) is 0 Å². The van der Waals surface area contributed by atoms with Gasteiger partial charge in [0, 0.05) is 18.4 Å². The number of likely N-dealkylation sites (tertiary alicyclic amines) is 1. The van der Waals surface area contributed by atoms with Gasteiger partial charge < -0.3 is 10.7 Å². The highest BCUT2D eigenvalue weighted by Gasteiger charge is 2.26. The highest BCUT2D eigenvalue weighted by atomic mass is 15.2. The Morgan fingerprint density at radius 2 is 2.14 bits per heavy atom. The van der Waals surface area contributed by atoms with E-state index < -0.39 is 0 Å². The highest BCUT2D eigenvalue weighted by Crippen LogP contribution is 2.26. The Balaban J connectivity index is 2.15. The van der Waals surface area contributed by atoms with Crippen LogP contribution in [0.1, 0.15) is 31.4 Å². The summed E-state index contributed by atoms with van der Waals surface area (Å²) in [6.45, 7) is 4.48. The van der Waals surface area contributed by atoms with Crippen LogP contribution in [0.2, 0.25) is 0 Å². The van der Waals surface area contributed by atoms with Crippen LogP contribution >= 0.6 is 0 Å². The van der Waals surface area contributed by atoms with Crippen LogP contribution in [-0.4, -0.2) is 29.0 Å². The Morgan fingerprint density at radius 3 is 2.64 bits per heavy atom. The topological polar surface area (TPSA) is 45.1 Å². The average molecular weight is 193 g/mol. The minimum absolute atomic E-state index is 0.198. The smallest absolute Gasteiger partial charge is 0.0511 e. The second kappa shape index (κ2) is 4.15. The van der Waals surface area contributed by atoms with Gasteiger partial charge in [0.05, 0.1) is 6.04 Å². The maximum Gasteiger partial charge on any atom is 0.0511 e. The molecule has 1 aliphatic heterocycles. The predicted molar refractivity (Wildman–Crippen MR) is 58.0 cm³/mol. The van der Waals surface area contributed by atoms with Crippen LogP contribution in [0, 0.1) is 0 Å². The summed E-state index contributed by atoms with van der Waals surface area (Å²) < 4.78 is 0. The van der Waals surface area contributed by atoms with Crippen molar-refractivity contribution in [2.24, 2.45) is 5.73 Å². The van der Waals surface area contributed by atoms with E-state index in [2.05, 4.69) is 29.1 Å². The van der Waals surface area contributed by atoms with Crippen molar-refractivity contribution in [2.45, 2.75) is 31.8 Å². The molecule has 2 heterocycles. The standard InChI is InChI=1S/C11H19N3/c1-9(12)11(10-4-5-13-8-10)14-6-2-3-7-14/h4-5,8-9,11,13H,2-3,6-7,12H2,1H3. The van der Waals surface area contributed by atoms with E-state index in [4.69, 9.17) is 5.73 Å². The van der Waals surface area contributed by atoms with Gasteiger partial charge in [-0.05, 0) is 44.5 Å². The lowest BCUT2D eigenvalue weighted by Gasteiger charge is -2.30. The van der Waals surface area contributed by atoms with Crippen molar-refractivity contribution in [1.82, 2.24) is 9.88 Å². The number of aromatic nitrogens is 1. The lowest BCUT2D eigenvalue weighted by Crippen LogP contribution is -2.37. The van der Waals surface area contributed by atoms with Crippen molar-refractivity contribution >= 4 is 0 Å². The van der Waals surface area contributed by atoms with E-state index in [1.54, 1.807) is 0 Å². The summed E-state index contributed by atoms with van der Waals surface area (Å²) in [6, 6.07) is 2.72. The molecule has 1 fully saturated rings. The predicted octanol–water partition coefficient (Wildman–Crippen LogP) is 1.50. The van der Waals surface area contributed by atoms with Crippen molar-refractivity contribution in [3.63, 3.8) is 0 Å². The summed E-state index contributed by atoms with van der Waals surface area (Å²) in [4.78, 5) is 5.60. The lowest BCUT2D eigenvalue weighted by molar-refractivity contribution is 0.219. The fraction of sp³-hybridized carbons (Fsp3) is 0.636. The fourth-order valence-corrected chi connectivity index (χ4v) is 2.39. The number of nitrogens with two attached hydrogens (primary N) is 1. The molecule has 0 aromatic carbocycles. The van der Waals surface area contributed by atoms with E-state index in [1.165, 1.54) is 31.5 Å². The quantitative estimate of drug-likeness (QED) is 0.764. The van der Waals surface area contributed by atoms with Crippen LogP contribution < -0.4 is 5.73 Å². The number of rotatable bonds is 3.